The molecule has 5 rings (SSSR count). The van der Waals surface area contributed by atoms with Crippen LogP contribution in [-0.2, 0) is 4.79 Å². The maximum Gasteiger partial charge on any atom is 0.269 e. The summed E-state index contributed by atoms with van der Waals surface area (Å²) in [6.07, 6.45) is 0.834. The van der Waals surface area contributed by atoms with Crippen LogP contribution in [0.3, 0.4) is 0 Å². The quantitative estimate of drug-likeness (QED) is 0.353. The number of nitrogens with one attached hydrogen (secondary N) is 1. The number of hydrogen-bond acceptors (Lipinski definition) is 5. The number of anilines is 2. The second-order valence-corrected chi connectivity index (χ2v) is 9.91. The standard InChI is InChI=1S/C28H24FN3O4/c1-28(2)15-22-25(24(33)16-28)26(18-6-5-7-20(14-18)32(35)36)31(23-9-4-3-8-21(23)30-22)27(34)17-10-12-19(29)13-11-17/h3-14,26,30H,15-16H2,1-2H3/t26-/m1/s1. The second kappa shape index (κ2) is 8.71. The number of para-hydroxylation sites is 2. The Hall–Kier alpha value is -4.33. The zero-order chi connectivity index (χ0) is 25.6. The number of halogens is 1. The van der Waals surface area contributed by atoms with E-state index >= 15 is 0 Å². The van der Waals surface area contributed by atoms with Crippen LogP contribution in [0.4, 0.5) is 21.5 Å². The molecule has 1 N–H and O–H groups in total. The van der Waals surface area contributed by atoms with E-state index in [1.54, 1.807) is 24.3 Å². The average molecular weight is 486 g/mol. The lowest BCUT2D eigenvalue weighted by Gasteiger charge is -2.37. The van der Waals surface area contributed by atoms with Crippen molar-refractivity contribution in [3.8, 4) is 0 Å². The van der Waals surface area contributed by atoms with Crippen molar-refractivity contribution in [1.29, 1.82) is 0 Å². The Bertz CT molecular complexity index is 1430. The van der Waals surface area contributed by atoms with Gasteiger partial charge in [-0.2, -0.15) is 0 Å². The second-order valence-electron chi connectivity index (χ2n) is 9.91. The van der Waals surface area contributed by atoms with Crippen molar-refractivity contribution < 1.29 is 18.9 Å². The van der Waals surface area contributed by atoms with Gasteiger partial charge in [-0.05, 0) is 53.8 Å². The number of nitrogens with zero attached hydrogens (tertiary/aromatic N) is 2. The number of hydrogen-bond donors (Lipinski definition) is 1. The van der Waals surface area contributed by atoms with Crippen LogP contribution in [0.25, 0.3) is 0 Å². The fourth-order valence-electron chi connectivity index (χ4n) is 5.07. The highest BCUT2D eigenvalue weighted by molar-refractivity contribution is 6.12. The molecule has 1 aliphatic heterocycles. The van der Waals surface area contributed by atoms with Gasteiger partial charge in [0.2, 0.25) is 0 Å². The normalized spacial score (nSPS) is 18.6. The predicted molar refractivity (Wildman–Crippen MR) is 134 cm³/mol. The van der Waals surface area contributed by atoms with Gasteiger partial charge in [-0.25, -0.2) is 4.39 Å². The number of rotatable bonds is 3. The molecular weight excluding hydrogens is 461 g/mol. The number of carbonyl (C=O) groups is 2. The average Bonchev–Trinajstić information content (AvgIpc) is 2.97. The maximum absolute atomic E-state index is 14.0. The van der Waals surface area contributed by atoms with Crippen molar-refractivity contribution in [2.75, 3.05) is 10.2 Å². The molecule has 2 aliphatic rings. The topological polar surface area (TPSA) is 92.6 Å². The Kier molecular flexibility index (Phi) is 5.67. The van der Waals surface area contributed by atoms with Crippen molar-refractivity contribution >= 4 is 28.8 Å². The SMILES string of the molecule is CC1(C)CC(=O)C2=C(C1)Nc1ccccc1N(C(=O)c1ccc(F)cc1)[C@@H]2c1cccc([N+](=O)[O-])c1. The van der Waals surface area contributed by atoms with Gasteiger partial charge in [-0.1, -0.05) is 38.1 Å². The molecule has 1 heterocycles. The summed E-state index contributed by atoms with van der Waals surface area (Å²) in [6.45, 7) is 4.02. The third-order valence-electron chi connectivity index (χ3n) is 6.61. The molecule has 0 fully saturated rings. The first-order valence-corrected chi connectivity index (χ1v) is 11.6. The first-order chi connectivity index (χ1) is 17.1. The third-order valence-corrected chi connectivity index (χ3v) is 6.61. The molecular formula is C28H24FN3O4. The van der Waals surface area contributed by atoms with Crippen LogP contribution in [-0.4, -0.2) is 16.6 Å². The Balaban J connectivity index is 1.80. The van der Waals surface area contributed by atoms with Gasteiger partial charge in [0, 0.05) is 35.4 Å². The summed E-state index contributed by atoms with van der Waals surface area (Å²) in [5.74, 6) is -1.06. The molecule has 0 unspecified atom stereocenters. The molecule has 0 aromatic heterocycles. The number of benzene rings is 3. The first kappa shape index (κ1) is 23.4. The summed E-state index contributed by atoms with van der Waals surface area (Å²) in [5.41, 5.74) is 2.48. The zero-order valence-corrected chi connectivity index (χ0v) is 19.8. The summed E-state index contributed by atoms with van der Waals surface area (Å²) in [6, 6.07) is 17.5. The van der Waals surface area contributed by atoms with Crippen molar-refractivity contribution in [2.45, 2.75) is 32.7 Å². The van der Waals surface area contributed by atoms with Gasteiger partial charge in [-0.15, -0.1) is 0 Å². The number of Topliss-reactive ketones (excluding diaryl/α,β-unsaturated/α-hetero) is 1. The number of nitro benzene ring substituents is 1. The van der Waals surface area contributed by atoms with Crippen LogP contribution in [0, 0.1) is 21.3 Å². The first-order valence-electron chi connectivity index (χ1n) is 11.6. The van der Waals surface area contributed by atoms with Crippen LogP contribution in [0.5, 0.6) is 0 Å². The van der Waals surface area contributed by atoms with E-state index in [-0.39, 0.29) is 28.9 Å². The van der Waals surface area contributed by atoms with Gasteiger partial charge in [0.25, 0.3) is 11.6 Å². The molecule has 182 valence electrons. The van der Waals surface area contributed by atoms with Crippen molar-refractivity contribution in [3.05, 3.63) is 111 Å². The van der Waals surface area contributed by atoms with Crippen LogP contribution in [0.15, 0.2) is 84.1 Å². The monoisotopic (exact) mass is 485 g/mol. The van der Waals surface area contributed by atoms with E-state index in [1.807, 2.05) is 26.0 Å². The van der Waals surface area contributed by atoms with E-state index in [9.17, 15) is 24.1 Å². The Morgan fingerprint density at radius 3 is 2.50 bits per heavy atom. The highest BCUT2D eigenvalue weighted by Gasteiger charge is 2.43. The molecule has 0 saturated heterocycles. The van der Waals surface area contributed by atoms with Crippen molar-refractivity contribution in [3.63, 3.8) is 0 Å². The molecule has 3 aromatic rings. The van der Waals surface area contributed by atoms with Crippen LogP contribution >= 0.6 is 0 Å². The van der Waals surface area contributed by atoms with Crippen LogP contribution in [0.1, 0.15) is 48.7 Å². The molecule has 7 nitrogen and oxygen atoms in total. The zero-order valence-electron chi connectivity index (χ0n) is 19.8. The highest BCUT2D eigenvalue weighted by atomic mass is 19.1. The Labute approximate surface area is 207 Å². The molecule has 1 aliphatic carbocycles. The van der Waals surface area contributed by atoms with Gasteiger partial charge in [-0.3, -0.25) is 24.6 Å². The van der Waals surface area contributed by atoms with E-state index < -0.39 is 22.7 Å². The molecule has 1 amide bonds. The Morgan fingerprint density at radius 1 is 1.06 bits per heavy atom. The lowest BCUT2D eigenvalue weighted by molar-refractivity contribution is -0.384. The van der Waals surface area contributed by atoms with Gasteiger partial charge in [0.15, 0.2) is 5.78 Å². The number of amides is 1. The number of carbonyl (C=O) groups excluding carboxylic acids is 2. The highest BCUT2D eigenvalue weighted by Crippen LogP contribution is 2.49. The smallest absolute Gasteiger partial charge is 0.269 e. The van der Waals surface area contributed by atoms with E-state index in [1.165, 1.54) is 41.3 Å². The summed E-state index contributed by atoms with van der Waals surface area (Å²) < 4.78 is 13.7. The number of nitro groups is 1. The molecule has 1 atom stereocenters. The Morgan fingerprint density at radius 2 is 1.78 bits per heavy atom. The number of fused-ring (bicyclic) bond motifs is 1. The largest absolute Gasteiger partial charge is 0.357 e. The van der Waals surface area contributed by atoms with Gasteiger partial charge < -0.3 is 5.32 Å². The predicted octanol–water partition coefficient (Wildman–Crippen LogP) is 6.19. The fourth-order valence-corrected chi connectivity index (χ4v) is 5.07. The maximum atomic E-state index is 14.0. The lowest BCUT2D eigenvalue weighted by atomic mass is 9.73. The minimum atomic E-state index is -0.919. The van der Waals surface area contributed by atoms with Crippen molar-refractivity contribution in [1.82, 2.24) is 0 Å². The third kappa shape index (κ3) is 4.15. The van der Waals surface area contributed by atoms with Crippen molar-refractivity contribution in [2.24, 2.45) is 5.41 Å². The van der Waals surface area contributed by atoms with E-state index in [0.29, 0.717) is 34.6 Å². The summed E-state index contributed by atoms with van der Waals surface area (Å²) in [7, 11) is 0. The minimum Gasteiger partial charge on any atom is -0.357 e. The fraction of sp³-hybridized carbons (Fsp3) is 0.214. The molecule has 36 heavy (non-hydrogen) atoms. The molecule has 0 bridgehead atoms. The molecule has 3 aromatic carbocycles. The molecule has 8 heteroatoms. The van der Waals surface area contributed by atoms with Gasteiger partial charge >= 0.3 is 0 Å². The van der Waals surface area contributed by atoms with Crippen LogP contribution < -0.4 is 10.2 Å². The summed E-state index contributed by atoms with van der Waals surface area (Å²) in [5, 5.41) is 15.0. The van der Waals surface area contributed by atoms with Crippen LogP contribution in [0.2, 0.25) is 0 Å². The van der Waals surface area contributed by atoms with Gasteiger partial charge in [0.1, 0.15) is 5.82 Å². The molecule has 0 spiro atoms. The number of non-ortho nitro benzene ring substituents is 1. The number of allylic oxidation sites excluding steroid dienone is 1. The summed E-state index contributed by atoms with van der Waals surface area (Å²) in [4.78, 5) is 40.3. The summed E-state index contributed by atoms with van der Waals surface area (Å²) >= 11 is 0. The van der Waals surface area contributed by atoms with E-state index in [2.05, 4.69) is 5.32 Å². The molecule has 0 saturated carbocycles. The lowest BCUT2D eigenvalue weighted by Crippen LogP contribution is -2.39. The minimum absolute atomic E-state index is 0.130. The van der Waals surface area contributed by atoms with E-state index in [4.69, 9.17) is 0 Å². The van der Waals surface area contributed by atoms with Gasteiger partial charge in [0.05, 0.1) is 22.3 Å². The molecule has 0 radical (unpaired) electrons. The number of ketones is 1. The van der Waals surface area contributed by atoms with E-state index in [0.717, 1.165) is 0 Å².